The molecule has 0 fully saturated rings. The minimum Gasteiger partial charge on any atom is -0.446 e. The number of H-pyrrole nitrogens is 1. The lowest BCUT2D eigenvalue weighted by molar-refractivity contribution is 0.0940. The second kappa shape index (κ2) is 7.26. The van der Waals surface area contributed by atoms with Crippen LogP contribution in [0.5, 0.6) is 0 Å². The molecule has 0 bridgehead atoms. The van der Waals surface area contributed by atoms with E-state index in [4.69, 9.17) is 4.74 Å². The van der Waals surface area contributed by atoms with Crippen LogP contribution in [-0.2, 0) is 11.2 Å². The second-order valence-corrected chi connectivity index (χ2v) is 5.97. The molecule has 6 nitrogen and oxygen atoms in total. The molecule has 1 heterocycles. The van der Waals surface area contributed by atoms with Crippen LogP contribution >= 0.6 is 0 Å². The summed E-state index contributed by atoms with van der Waals surface area (Å²) in [6.45, 7) is 7.83. The van der Waals surface area contributed by atoms with E-state index in [2.05, 4.69) is 15.3 Å². The SMILES string of the molecule is CCCc1nc2ccc(NC(=O)OC(C)C(C)C)cc2c(=O)[nH]1. The van der Waals surface area contributed by atoms with E-state index in [1.165, 1.54) is 0 Å². The molecule has 1 unspecified atom stereocenters. The quantitative estimate of drug-likeness (QED) is 0.884. The van der Waals surface area contributed by atoms with Crippen LogP contribution in [0, 0.1) is 5.92 Å². The summed E-state index contributed by atoms with van der Waals surface area (Å²) in [5, 5.41) is 3.09. The fraction of sp³-hybridized carbons (Fsp3) is 0.471. The van der Waals surface area contributed by atoms with E-state index in [0.717, 1.165) is 12.8 Å². The lowest BCUT2D eigenvalue weighted by atomic mass is 10.1. The number of nitrogens with one attached hydrogen (secondary N) is 2. The van der Waals surface area contributed by atoms with Gasteiger partial charge >= 0.3 is 6.09 Å². The topological polar surface area (TPSA) is 84.1 Å². The molecular weight excluding hydrogens is 294 g/mol. The first kappa shape index (κ1) is 17.0. The van der Waals surface area contributed by atoms with Gasteiger partial charge in [0.15, 0.2) is 0 Å². The Kier molecular flexibility index (Phi) is 5.36. The van der Waals surface area contributed by atoms with E-state index in [9.17, 15) is 9.59 Å². The summed E-state index contributed by atoms with van der Waals surface area (Å²) in [7, 11) is 0. The Morgan fingerprint density at radius 1 is 1.35 bits per heavy atom. The van der Waals surface area contributed by atoms with Gasteiger partial charge in [0.2, 0.25) is 0 Å². The third kappa shape index (κ3) is 4.31. The third-order valence-corrected chi connectivity index (χ3v) is 3.72. The number of anilines is 1. The first-order valence-electron chi connectivity index (χ1n) is 7.91. The number of fused-ring (bicyclic) bond motifs is 1. The van der Waals surface area contributed by atoms with Crippen LogP contribution in [0.1, 0.15) is 39.9 Å². The summed E-state index contributed by atoms with van der Waals surface area (Å²) >= 11 is 0. The molecule has 0 spiro atoms. The van der Waals surface area contributed by atoms with Gasteiger partial charge in [-0.1, -0.05) is 20.8 Å². The van der Waals surface area contributed by atoms with Gasteiger partial charge in [-0.25, -0.2) is 9.78 Å². The van der Waals surface area contributed by atoms with E-state index in [1.807, 2.05) is 27.7 Å². The Balaban J connectivity index is 2.20. The van der Waals surface area contributed by atoms with Crippen LogP contribution < -0.4 is 10.9 Å². The normalized spacial score (nSPS) is 12.4. The van der Waals surface area contributed by atoms with Crippen molar-refractivity contribution in [3.05, 3.63) is 34.4 Å². The summed E-state index contributed by atoms with van der Waals surface area (Å²) in [5.41, 5.74) is 0.923. The van der Waals surface area contributed by atoms with Crippen LogP contribution in [0.15, 0.2) is 23.0 Å². The molecule has 23 heavy (non-hydrogen) atoms. The summed E-state index contributed by atoms with van der Waals surface area (Å²) in [6.07, 6.45) is 0.924. The third-order valence-electron chi connectivity index (χ3n) is 3.72. The van der Waals surface area contributed by atoms with Crippen LogP contribution in [-0.4, -0.2) is 22.2 Å². The van der Waals surface area contributed by atoms with E-state index < -0.39 is 6.09 Å². The van der Waals surface area contributed by atoms with E-state index in [0.29, 0.717) is 22.4 Å². The van der Waals surface area contributed by atoms with E-state index >= 15 is 0 Å². The summed E-state index contributed by atoms with van der Waals surface area (Å²) in [6, 6.07) is 5.05. The number of amides is 1. The smallest absolute Gasteiger partial charge is 0.411 e. The molecule has 0 aliphatic heterocycles. The average molecular weight is 317 g/mol. The standard InChI is InChI=1S/C17H23N3O3/c1-5-6-15-19-14-8-7-12(9-13(14)16(21)20-15)18-17(22)23-11(4)10(2)3/h7-11H,5-6H2,1-4H3,(H,18,22)(H,19,20,21). The number of aromatic nitrogens is 2. The first-order valence-corrected chi connectivity index (χ1v) is 7.91. The molecule has 0 saturated heterocycles. The zero-order valence-electron chi connectivity index (χ0n) is 14.0. The largest absolute Gasteiger partial charge is 0.446 e. The Bertz CT molecular complexity index is 752. The fourth-order valence-electron chi connectivity index (χ4n) is 2.07. The molecule has 0 aliphatic carbocycles. The number of benzene rings is 1. The zero-order chi connectivity index (χ0) is 17.0. The van der Waals surface area contributed by atoms with E-state index in [-0.39, 0.29) is 17.6 Å². The van der Waals surface area contributed by atoms with Gasteiger partial charge in [0, 0.05) is 12.1 Å². The molecule has 0 aliphatic rings. The van der Waals surface area contributed by atoms with Crippen molar-refractivity contribution in [3.63, 3.8) is 0 Å². The number of nitrogens with zero attached hydrogens (tertiary/aromatic N) is 1. The Hall–Kier alpha value is -2.37. The number of aromatic amines is 1. The Labute approximate surface area is 135 Å². The summed E-state index contributed by atoms with van der Waals surface area (Å²) < 4.78 is 5.26. The first-order chi connectivity index (χ1) is 10.9. The van der Waals surface area contributed by atoms with Crippen molar-refractivity contribution >= 4 is 22.7 Å². The van der Waals surface area contributed by atoms with Crippen LogP contribution in [0.3, 0.4) is 0 Å². The molecule has 0 saturated carbocycles. The molecule has 2 rings (SSSR count). The van der Waals surface area contributed by atoms with Crippen molar-refractivity contribution in [2.45, 2.75) is 46.6 Å². The highest BCUT2D eigenvalue weighted by atomic mass is 16.6. The number of rotatable bonds is 5. The number of aryl methyl sites for hydroxylation is 1. The Morgan fingerprint density at radius 3 is 2.74 bits per heavy atom. The number of ether oxygens (including phenoxy) is 1. The molecule has 6 heteroatoms. The maximum atomic E-state index is 12.1. The predicted molar refractivity (Wildman–Crippen MR) is 90.8 cm³/mol. The van der Waals surface area contributed by atoms with Gasteiger partial charge in [-0.2, -0.15) is 0 Å². The van der Waals surface area contributed by atoms with Crippen molar-refractivity contribution in [1.82, 2.24) is 9.97 Å². The molecule has 0 radical (unpaired) electrons. The second-order valence-electron chi connectivity index (χ2n) is 5.97. The minimum absolute atomic E-state index is 0.183. The van der Waals surface area contributed by atoms with Gasteiger partial charge in [0.05, 0.1) is 10.9 Å². The van der Waals surface area contributed by atoms with E-state index in [1.54, 1.807) is 18.2 Å². The number of hydrogen-bond donors (Lipinski definition) is 2. The van der Waals surface area contributed by atoms with Gasteiger partial charge < -0.3 is 9.72 Å². The molecule has 1 aromatic heterocycles. The lowest BCUT2D eigenvalue weighted by Crippen LogP contribution is -2.24. The predicted octanol–water partition coefficient (Wildman–Crippen LogP) is 3.47. The van der Waals surface area contributed by atoms with Crippen molar-refractivity contribution in [1.29, 1.82) is 0 Å². The number of carbonyl (C=O) groups is 1. The van der Waals surface area contributed by atoms with Crippen LogP contribution in [0.2, 0.25) is 0 Å². The monoisotopic (exact) mass is 317 g/mol. The maximum absolute atomic E-state index is 12.1. The van der Waals surface area contributed by atoms with Crippen LogP contribution in [0.25, 0.3) is 10.9 Å². The highest BCUT2D eigenvalue weighted by Crippen LogP contribution is 2.16. The van der Waals surface area contributed by atoms with Gasteiger partial charge in [-0.15, -0.1) is 0 Å². The van der Waals surface area contributed by atoms with Crippen molar-refractivity contribution in [2.24, 2.45) is 5.92 Å². The molecule has 1 aromatic carbocycles. The molecule has 2 N–H and O–H groups in total. The van der Waals surface area contributed by atoms with Crippen LogP contribution in [0.4, 0.5) is 10.5 Å². The molecule has 1 amide bonds. The van der Waals surface area contributed by atoms with Crippen molar-refractivity contribution in [3.8, 4) is 0 Å². The van der Waals surface area contributed by atoms with Gasteiger partial charge in [-0.05, 0) is 37.5 Å². The maximum Gasteiger partial charge on any atom is 0.411 e. The highest BCUT2D eigenvalue weighted by Gasteiger charge is 2.13. The zero-order valence-corrected chi connectivity index (χ0v) is 14.0. The molecular formula is C17H23N3O3. The molecule has 124 valence electrons. The average Bonchev–Trinajstić information content (AvgIpc) is 2.48. The Morgan fingerprint density at radius 2 is 2.09 bits per heavy atom. The van der Waals surface area contributed by atoms with Gasteiger partial charge in [0.1, 0.15) is 11.9 Å². The van der Waals surface area contributed by atoms with Crippen molar-refractivity contribution in [2.75, 3.05) is 5.32 Å². The van der Waals surface area contributed by atoms with Crippen molar-refractivity contribution < 1.29 is 9.53 Å². The summed E-state index contributed by atoms with van der Waals surface area (Å²) in [4.78, 5) is 31.2. The minimum atomic E-state index is -0.530. The number of hydrogen-bond acceptors (Lipinski definition) is 4. The molecule has 1 atom stereocenters. The molecule has 2 aromatic rings. The summed E-state index contributed by atoms with van der Waals surface area (Å²) in [5.74, 6) is 0.914. The lowest BCUT2D eigenvalue weighted by Gasteiger charge is -2.17. The number of carbonyl (C=O) groups excluding carboxylic acids is 1. The highest BCUT2D eigenvalue weighted by molar-refractivity contribution is 5.89. The fourth-order valence-corrected chi connectivity index (χ4v) is 2.07. The van der Waals surface area contributed by atoms with Gasteiger partial charge in [-0.3, -0.25) is 10.1 Å². The van der Waals surface area contributed by atoms with Gasteiger partial charge in [0.25, 0.3) is 5.56 Å².